The van der Waals surface area contributed by atoms with Crippen LogP contribution in [0.4, 0.5) is 0 Å². The molecule has 1 fully saturated rings. The zero-order valence-corrected chi connectivity index (χ0v) is 14.0. The summed E-state index contributed by atoms with van der Waals surface area (Å²) in [5.41, 5.74) is 2.96. The van der Waals surface area contributed by atoms with Crippen molar-refractivity contribution in [3.05, 3.63) is 41.0 Å². The third-order valence-electron chi connectivity index (χ3n) is 4.28. The van der Waals surface area contributed by atoms with E-state index in [1.807, 2.05) is 11.3 Å². The summed E-state index contributed by atoms with van der Waals surface area (Å²) in [7, 11) is 0. The number of thiazole rings is 1. The third-order valence-corrected chi connectivity index (χ3v) is 5.54. The van der Waals surface area contributed by atoms with Crippen molar-refractivity contribution in [3.63, 3.8) is 0 Å². The minimum atomic E-state index is 0.444. The van der Waals surface area contributed by atoms with Gasteiger partial charge in [-0.05, 0) is 30.4 Å². The first-order chi connectivity index (χ1) is 10.1. The summed E-state index contributed by atoms with van der Waals surface area (Å²) in [6, 6.07) is 10.7. The molecular formula is C18H24N2S. The van der Waals surface area contributed by atoms with Crippen molar-refractivity contribution in [3.8, 4) is 10.4 Å². The summed E-state index contributed by atoms with van der Waals surface area (Å²) in [6.45, 7) is 8.81. The lowest BCUT2D eigenvalue weighted by molar-refractivity contribution is 0.617. The van der Waals surface area contributed by atoms with Gasteiger partial charge in [0.15, 0.2) is 0 Å². The molecule has 0 aliphatic heterocycles. The summed E-state index contributed by atoms with van der Waals surface area (Å²) in [6.07, 6.45) is 2.43. The van der Waals surface area contributed by atoms with Gasteiger partial charge in [-0.2, -0.15) is 0 Å². The Labute approximate surface area is 131 Å². The first-order valence-electron chi connectivity index (χ1n) is 7.87. The molecule has 3 heteroatoms. The van der Waals surface area contributed by atoms with E-state index in [2.05, 4.69) is 56.4 Å². The lowest BCUT2D eigenvalue weighted by Crippen LogP contribution is -2.14. The van der Waals surface area contributed by atoms with E-state index in [1.54, 1.807) is 0 Å². The van der Waals surface area contributed by atoms with Crippen LogP contribution in [0.25, 0.3) is 10.4 Å². The van der Waals surface area contributed by atoms with Gasteiger partial charge < -0.3 is 5.32 Å². The maximum atomic E-state index is 4.97. The molecule has 112 valence electrons. The van der Waals surface area contributed by atoms with Gasteiger partial charge in [-0.3, -0.25) is 0 Å². The maximum Gasteiger partial charge on any atom is 0.0971 e. The fourth-order valence-electron chi connectivity index (χ4n) is 2.73. The topological polar surface area (TPSA) is 24.9 Å². The molecule has 1 aliphatic rings. The molecule has 1 aromatic carbocycles. The molecule has 0 radical (unpaired) electrons. The van der Waals surface area contributed by atoms with Crippen LogP contribution < -0.4 is 5.32 Å². The van der Waals surface area contributed by atoms with Gasteiger partial charge in [0.1, 0.15) is 0 Å². The van der Waals surface area contributed by atoms with Crippen LogP contribution >= 0.6 is 11.3 Å². The number of hydrogen-bond acceptors (Lipinski definition) is 3. The largest absolute Gasteiger partial charge is 0.311 e. The van der Waals surface area contributed by atoms with Gasteiger partial charge in [0, 0.05) is 12.5 Å². The summed E-state index contributed by atoms with van der Waals surface area (Å²) in [5, 5.41) is 4.83. The van der Waals surface area contributed by atoms with Crippen molar-refractivity contribution in [1.82, 2.24) is 10.3 Å². The Hall–Kier alpha value is -1.19. The van der Waals surface area contributed by atoms with Gasteiger partial charge in [-0.15, -0.1) is 11.3 Å². The number of hydrogen-bond donors (Lipinski definition) is 1. The first-order valence-corrected chi connectivity index (χ1v) is 8.69. The predicted octanol–water partition coefficient (Wildman–Crippen LogP) is 4.82. The molecule has 1 atom stereocenters. The molecule has 3 rings (SSSR count). The Morgan fingerprint density at radius 3 is 2.62 bits per heavy atom. The second-order valence-electron chi connectivity index (χ2n) is 6.62. The molecule has 21 heavy (non-hydrogen) atoms. The molecule has 1 heterocycles. The molecule has 1 aromatic heterocycles. The summed E-state index contributed by atoms with van der Waals surface area (Å²) < 4.78 is 0. The number of benzene rings is 1. The summed E-state index contributed by atoms with van der Waals surface area (Å²) in [4.78, 5) is 6.32. The highest BCUT2D eigenvalue weighted by atomic mass is 32.1. The molecule has 0 saturated heterocycles. The van der Waals surface area contributed by atoms with Crippen molar-refractivity contribution in [2.24, 2.45) is 5.41 Å². The van der Waals surface area contributed by atoms with Crippen molar-refractivity contribution in [1.29, 1.82) is 0 Å². The van der Waals surface area contributed by atoms with Crippen LogP contribution in [0.5, 0.6) is 0 Å². The van der Waals surface area contributed by atoms with Gasteiger partial charge in [0.05, 0.1) is 15.6 Å². The quantitative estimate of drug-likeness (QED) is 0.773. The van der Waals surface area contributed by atoms with Gasteiger partial charge in [-0.1, -0.05) is 51.1 Å². The monoisotopic (exact) mass is 300 g/mol. The maximum absolute atomic E-state index is 4.97. The van der Waals surface area contributed by atoms with E-state index < -0.39 is 0 Å². The fourth-order valence-corrected chi connectivity index (χ4v) is 4.13. The van der Waals surface area contributed by atoms with E-state index in [-0.39, 0.29) is 0 Å². The molecule has 1 aliphatic carbocycles. The average Bonchev–Trinajstić information content (AvgIpc) is 2.94. The standard InChI is InChI=1S/C18H24N2S/c1-4-10-19-12-15-16(13-8-6-5-7-9-13)21-17(20-15)14-11-18(14,2)3/h5-9,14,19H,4,10-12H2,1-3H3. The molecule has 0 spiro atoms. The smallest absolute Gasteiger partial charge is 0.0971 e. The first kappa shape index (κ1) is 14.7. The molecule has 1 unspecified atom stereocenters. The number of nitrogens with one attached hydrogen (secondary N) is 1. The number of nitrogens with zero attached hydrogens (tertiary/aromatic N) is 1. The fraction of sp³-hybridized carbons (Fsp3) is 0.500. The SMILES string of the molecule is CCCNCc1nc(C2CC2(C)C)sc1-c1ccccc1. The summed E-state index contributed by atoms with van der Waals surface area (Å²) in [5.74, 6) is 0.657. The van der Waals surface area contributed by atoms with E-state index >= 15 is 0 Å². The normalized spacial score (nSPS) is 19.7. The molecule has 2 aromatic rings. The zero-order chi connectivity index (χ0) is 14.9. The Kier molecular flexibility index (Phi) is 4.14. The lowest BCUT2D eigenvalue weighted by atomic mass is 10.1. The van der Waals surface area contributed by atoms with Crippen molar-refractivity contribution >= 4 is 11.3 Å². The van der Waals surface area contributed by atoms with Crippen molar-refractivity contribution < 1.29 is 0 Å². The molecule has 2 nitrogen and oxygen atoms in total. The van der Waals surface area contributed by atoms with Gasteiger partial charge in [0.2, 0.25) is 0 Å². The minimum absolute atomic E-state index is 0.444. The van der Waals surface area contributed by atoms with E-state index in [0.717, 1.165) is 19.5 Å². The van der Waals surface area contributed by atoms with E-state index in [0.29, 0.717) is 11.3 Å². The highest BCUT2D eigenvalue weighted by Crippen LogP contribution is 2.59. The highest BCUT2D eigenvalue weighted by molar-refractivity contribution is 7.15. The van der Waals surface area contributed by atoms with Gasteiger partial charge in [-0.25, -0.2) is 4.98 Å². The van der Waals surface area contributed by atoms with E-state index in [9.17, 15) is 0 Å². The second-order valence-corrected chi connectivity index (χ2v) is 7.65. The van der Waals surface area contributed by atoms with Gasteiger partial charge in [0.25, 0.3) is 0 Å². The lowest BCUT2D eigenvalue weighted by Gasteiger charge is -2.03. The van der Waals surface area contributed by atoms with Crippen LogP contribution in [0.2, 0.25) is 0 Å². The van der Waals surface area contributed by atoms with Crippen LogP contribution in [0, 0.1) is 5.41 Å². The van der Waals surface area contributed by atoms with Crippen molar-refractivity contribution in [2.75, 3.05) is 6.54 Å². The average molecular weight is 300 g/mol. The number of aromatic nitrogens is 1. The Bertz CT molecular complexity index is 601. The van der Waals surface area contributed by atoms with E-state index in [1.165, 1.54) is 27.6 Å². The zero-order valence-electron chi connectivity index (χ0n) is 13.1. The minimum Gasteiger partial charge on any atom is -0.311 e. The van der Waals surface area contributed by atoms with E-state index in [4.69, 9.17) is 4.98 Å². The number of rotatable bonds is 6. The van der Waals surface area contributed by atoms with Gasteiger partial charge >= 0.3 is 0 Å². The van der Waals surface area contributed by atoms with Crippen LogP contribution in [-0.2, 0) is 6.54 Å². The summed E-state index contributed by atoms with van der Waals surface area (Å²) >= 11 is 1.89. The third kappa shape index (κ3) is 3.19. The van der Waals surface area contributed by atoms with Crippen LogP contribution in [0.15, 0.2) is 30.3 Å². The van der Waals surface area contributed by atoms with Crippen LogP contribution in [-0.4, -0.2) is 11.5 Å². The molecule has 0 bridgehead atoms. The predicted molar refractivity (Wildman–Crippen MR) is 90.7 cm³/mol. The van der Waals surface area contributed by atoms with Crippen LogP contribution in [0.1, 0.15) is 50.2 Å². The Morgan fingerprint density at radius 1 is 1.29 bits per heavy atom. The molecule has 1 N–H and O–H groups in total. The Morgan fingerprint density at radius 2 is 2.00 bits per heavy atom. The highest BCUT2D eigenvalue weighted by Gasteiger charge is 2.48. The molecular weight excluding hydrogens is 276 g/mol. The molecule has 0 amide bonds. The second kappa shape index (κ2) is 5.90. The molecule has 1 saturated carbocycles. The Balaban J connectivity index is 1.89. The van der Waals surface area contributed by atoms with Crippen molar-refractivity contribution in [2.45, 2.75) is 46.1 Å². The van der Waals surface area contributed by atoms with Crippen LogP contribution in [0.3, 0.4) is 0 Å².